The van der Waals surface area contributed by atoms with Gasteiger partial charge in [-0.3, -0.25) is 4.90 Å². The van der Waals surface area contributed by atoms with E-state index in [1.54, 1.807) is 0 Å². The van der Waals surface area contributed by atoms with Crippen LogP contribution in [-0.2, 0) is 0 Å². The molecule has 1 N–H and O–H groups in total. The number of nitrogens with zero attached hydrogens (tertiary/aromatic N) is 1. The maximum absolute atomic E-state index is 3.89. The van der Waals surface area contributed by atoms with E-state index < -0.39 is 0 Å². The molecule has 2 heteroatoms. The molecule has 122 valence electrons. The highest BCUT2D eigenvalue weighted by Gasteiger charge is 2.40. The van der Waals surface area contributed by atoms with E-state index >= 15 is 0 Å². The van der Waals surface area contributed by atoms with Gasteiger partial charge in [-0.25, -0.2) is 0 Å². The van der Waals surface area contributed by atoms with Crippen molar-refractivity contribution < 1.29 is 0 Å². The Bertz CT molecular complexity index is 324. The van der Waals surface area contributed by atoms with Crippen molar-refractivity contribution in [1.29, 1.82) is 0 Å². The first-order chi connectivity index (χ1) is 10.2. The Morgan fingerprint density at radius 1 is 1.00 bits per heavy atom. The average molecular weight is 293 g/mol. The quantitative estimate of drug-likeness (QED) is 0.844. The van der Waals surface area contributed by atoms with Crippen molar-refractivity contribution in [2.75, 3.05) is 13.1 Å². The van der Waals surface area contributed by atoms with E-state index in [1.807, 2.05) is 0 Å². The molecule has 0 spiro atoms. The molecular formula is C19H36N2. The Morgan fingerprint density at radius 2 is 1.76 bits per heavy atom. The molecular weight excluding hydrogens is 256 g/mol. The van der Waals surface area contributed by atoms with Crippen LogP contribution >= 0.6 is 0 Å². The molecule has 21 heavy (non-hydrogen) atoms. The topological polar surface area (TPSA) is 15.3 Å². The van der Waals surface area contributed by atoms with Gasteiger partial charge < -0.3 is 5.32 Å². The summed E-state index contributed by atoms with van der Waals surface area (Å²) in [7, 11) is 0. The summed E-state index contributed by atoms with van der Waals surface area (Å²) in [6.07, 6.45) is 11.6. The van der Waals surface area contributed by atoms with Crippen LogP contribution in [0, 0.1) is 17.8 Å². The summed E-state index contributed by atoms with van der Waals surface area (Å²) in [6.45, 7) is 9.88. The maximum atomic E-state index is 3.89. The molecule has 0 aromatic heterocycles. The van der Waals surface area contributed by atoms with Crippen LogP contribution in [0.5, 0.6) is 0 Å². The fraction of sp³-hybridized carbons (Fsp3) is 1.00. The highest BCUT2D eigenvalue weighted by molar-refractivity contribution is 4.96. The van der Waals surface area contributed by atoms with Crippen molar-refractivity contribution in [3.8, 4) is 0 Å². The van der Waals surface area contributed by atoms with E-state index in [2.05, 4.69) is 31.0 Å². The summed E-state index contributed by atoms with van der Waals surface area (Å²) >= 11 is 0. The minimum Gasteiger partial charge on any atom is -0.311 e. The predicted octanol–water partition coefficient (Wildman–Crippen LogP) is 4.05. The molecule has 3 rings (SSSR count). The first-order valence-electron chi connectivity index (χ1n) is 9.69. The molecule has 0 radical (unpaired) electrons. The summed E-state index contributed by atoms with van der Waals surface area (Å²) in [5, 5.41) is 3.89. The maximum Gasteiger partial charge on any atom is 0.0224 e. The lowest BCUT2D eigenvalue weighted by molar-refractivity contribution is 0.0482. The van der Waals surface area contributed by atoms with Gasteiger partial charge in [0.25, 0.3) is 0 Å². The zero-order valence-electron chi connectivity index (χ0n) is 14.5. The molecule has 0 bridgehead atoms. The molecule has 5 atom stereocenters. The minimum absolute atomic E-state index is 0.730. The second-order valence-electron chi connectivity index (χ2n) is 8.13. The first kappa shape index (κ1) is 15.8. The SMILES string of the molecule is CCC1CCC(N2CC(C3CCCCC3)NCC2C)C1C. The number of rotatable bonds is 3. The van der Waals surface area contributed by atoms with E-state index in [0.29, 0.717) is 0 Å². The summed E-state index contributed by atoms with van der Waals surface area (Å²) in [5.74, 6) is 2.83. The van der Waals surface area contributed by atoms with Crippen molar-refractivity contribution in [2.24, 2.45) is 17.8 Å². The monoisotopic (exact) mass is 292 g/mol. The van der Waals surface area contributed by atoms with Crippen LogP contribution in [0.4, 0.5) is 0 Å². The van der Waals surface area contributed by atoms with Gasteiger partial charge in [0.1, 0.15) is 0 Å². The van der Waals surface area contributed by atoms with Crippen molar-refractivity contribution in [1.82, 2.24) is 10.2 Å². The molecule has 1 saturated heterocycles. The molecule has 2 aliphatic carbocycles. The highest BCUT2D eigenvalue weighted by Crippen LogP contribution is 2.39. The number of nitrogens with one attached hydrogen (secondary N) is 1. The lowest BCUT2D eigenvalue weighted by atomic mass is 9.82. The lowest BCUT2D eigenvalue weighted by Gasteiger charge is -2.46. The minimum atomic E-state index is 0.730. The third-order valence-electron chi connectivity index (χ3n) is 7.00. The van der Waals surface area contributed by atoms with Gasteiger partial charge in [-0.1, -0.05) is 39.5 Å². The predicted molar refractivity (Wildman–Crippen MR) is 90.5 cm³/mol. The number of hydrogen-bond acceptors (Lipinski definition) is 2. The Morgan fingerprint density at radius 3 is 2.43 bits per heavy atom. The first-order valence-corrected chi connectivity index (χ1v) is 9.69. The molecule has 0 aromatic carbocycles. The van der Waals surface area contributed by atoms with Crippen LogP contribution in [-0.4, -0.2) is 36.1 Å². The zero-order chi connectivity index (χ0) is 14.8. The fourth-order valence-corrected chi connectivity index (χ4v) is 5.49. The van der Waals surface area contributed by atoms with Crippen molar-refractivity contribution in [3.63, 3.8) is 0 Å². The smallest absolute Gasteiger partial charge is 0.0224 e. The van der Waals surface area contributed by atoms with Crippen LogP contribution < -0.4 is 5.32 Å². The van der Waals surface area contributed by atoms with Crippen molar-refractivity contribution >= 4 is 0 Å². The standard InChI is InChI=1S/C19H36N2/c1-4-16-10-11-19(15(16)3)21-13-18(20-12-14(21)2)17-8-6-5-7-9-17/h14-20H,4-13H2,1-3H3. The van der Waals surface area contributed by atoms with Crippen LogP contribution in [0.1, 0.15) is 72.1 Å². The van der Waals surface area contributed by atoms with Crippen molar-refractivity contribution in [2.45, 2.75) is 90.3 Å². The highest BCUT2D eigenvalue weighted by atomic mass is 15.3. The Labute approximate surface area is 132 Å². The van der Waals surface area contributed by atoms with Gasteiger partial charge in [0.15, 0.2) is 0 Å². The number of piperazine rings is 1. The van der Waals surface area contributed by atoms with E-state index in [9.17, 15) is 0 Å². The van der Waals surface area contributed by atoms with Gasteiger partial charge in [-0.05, 0) is 50.4 Å². The summed E-state index contributed by atoms with van der Waals surface area (Å²) in [5.41, 5.74) is 0. The van der Waals surface area contributed by atoms with Gasteiger partial charge in [0.05, 0.1) is 0 Å². The van der Waals surface area contributed by atoms with Crippen LogP contribution in [0.25, 0.3) is 0 Å². The molecule has 1 aliphatic heterocycles. The third-order valence-corrected chi connectivity index (χ3v) is 7.00. The van der Waals surface area contributed by atoms with Crippen LogP contribution in [0.15, 0.2) is 0 Å². The van der Waals surface area contributed by atoms with E-state index in [-0.39, 0.29) is 0 Å². The van der Waals surface area contributed by atoms with E-state index in [1.165, 1.54) is 64.5 Å². The van der Waals surface area contributed by atoms with Crippen LogP contribution in [0.2, 0.25) is 0 Å². The molecule has 2 saturated carbocycles. The van der Waals surface area contributed by atoms with Gasteiger partial charge >= 0.3 is 0 Å². The molecule has 1 heterocycles. The third kappa shape index (κ3) is 3.32. The molecule has 3 aliphatic rings. The lowest BCUT2D eigenvalue weighted by Crippen LogP contribution is -2.61. The van der Waals surface area contributed by atoms with Crippen molar-refractivity contribution in [3.05, 3.63) is 0 Å². The Hall–Kier alpha value is -0.0800. The second-order valence-corrected chi connectivity index (χ2v) is 8.13. The normalized spacial score (nSPS) is 43.3. The fourth-order valence-electron chi connectivity index (χ4n) is 5.49. The van der Waals surface area contributed by atoms with Gasteiger partial charge in [-0.15, -0.1) is 0 Å². The largest absolute Gasteiger partial charge is 0.311 e. The van der Waals surface area contributed by atoms with E-state index in [0.717, 1.165) is 35.9 Å². The second kappa shape index (κ2) is 7.00. The van der Waals surface area contributed by atoms with Gasteiger partial charge in [-0.2, -0.15) is 0 Å². The average Bonchev–Trinajstić information content (AvgIpc) is 2.89. The molecule has 2 nitrogen and oxygen atoms in total. The van der Waals surface area contributed by atoms with E-state index in [4.69, 9.17) is 0 Å². The Balaban J connectivity index is 1.63. The van der Waals surface area contributed by atoms with Gasteiger partial charge in [0.2, 0.25) is 0 Å². The summed E-state index contributed by atoms with van der Waals surface area (Å²) in [6, 6.07) is 2.36. The van der Waals surface area contributed by atoms with Crippen LogP contribution in [0.3, 0.4) is 0 Å². The number of hydrogen-bond donors (Lipinski definition) is 1. The zero-order valence-corrected chi connectivity index (χ0v) is 14.5. The summed E-state index contributed by atoms with van der Waals surface area (Å²) in [4.78, 5) is 2.90. The molecule has 3 fully saturated rings. The Kier molecular flexibility index (Phi) is 5.27. The molecule has 5 unspecified atom stereocenters. The molecule has 0 aromatic rings. The van der Waals surface area contributed by atoms with Gasteiger partial charge in [0, 0.05) is 31.2 Å². The molecule has 0 amide bonds. The summed E-state index contributed by atoms with van der Waals surface area (Å²) < 4.78 is 0.